The molecule has 2 N–H and O–H groups in total. The van der Waals surface area contributed by atoms with Gasteiger partial charge in [0.05, 0.1) is 6.26 Å². The van der Waals surface area contributed by atoms with Crippen LogP contribution in [0.5, 0.6) is 0 Å². The van der Waals surface area contributed by atoms with Gasteiger partial charge in [-0.05, 0) is 36.4 Å². The number of furan rings is 1. The molecular weight excluding hydrogens is 205 g/mol. The molecule has 0 saturated heterocycles. The van der Waals surface area contributed by atoms with E-state index in [0.29, 0.717) is 13.0 Å². The quantitative estimate of drug-likeness (QED) is 0.858. The lowest BCUT2D eigenvalue weighted by Gasteiger charge is -2.13. The van der Waals surface area contributed by atoms with Crippen molar-refractivity contribution in [2.75, 3.05) is 6.54 Å². The third-order valence-corrected chi connectivity index (χ3v) is 2.63. The third-order valence-electron chi connectivity index (χ3n) is 2.63. The number of hydrogen-bond acceptors (Lipinski definition) is 2. The van der Waals surface area contributed by atoms with Gasteiger partial charge >= 0.3 is 0 Å². The highest BCUT2D eigenvalue weighted by molar-refractivity contribution is 5.22. The summed E-state index contributed by atoms with van der Waals surface area (Å²) in [6.07, 6.45) is 2.33. The summed E-state index contributed by atoms with van der Waals surface area (Å²) in [5.74, 6) is 0.747. The van der Waals surface area contributed by atoms with Crippen molar-refractivity contribution in [3.8, 4) is 0 Å². The molecule has 1 atom stereocenters. The predicted octanol–water partition coefficient (Wildman–Crippen LogP) is 2.70. The second kappa shape index (κ2) is 4.94. The van der Waals surface area contributed by atoms with Crippen molar-refractivity contribution >= 4 is 0 Å². The second-order valence-electron chi connectivity index (χ2n) is 3.77. The molecule has 0 aliphatic rings. The average Bonchev–Trinajstić information content (AvgIpc) is 2.78. The Bertz CT molecular complexity index is 439. The van der Waals surface area contributed by atoms with Gasteiger partial charge in [0.2, 0.25) is 0 Å². The van der Waals surface area contributed by atoms with Crippen LogP contribution in [0.15, 0.2) is 47.1 Å². The summed E-state index contributed by atoms with van der Waals surface area (Å²) in [4.78, 5) is 0. The van der Waals surface area contributed by atoms with Crippen molar-refractivity contribution in [2.45, 2.75) is 12.3 Å². The first-order valence-corrected chi connectivity index (χ1v) is 5.27. The molecule has 0 aliphatic heterocycles. The lowest BCUT2D eigenvalue weighted by molar-refractivity contribution is 0.486. The minimum absolute atomic E-state index is 0.0989. The summed E-state index contributed by atoms with van der Waals surface area (Å²) in [7, 11) is 0. The summed E-state index contributed by atoms with van der Waals surface area (Å²) >= 11 is 0. The maximum atomic E-state index is 13.1. The van der Waals surface area contributed by atoms with E-state index in [-0.39, 0.29) is 11.7 Å². The molecule has 2 rings (SSSR count). The lowest BCUT2D eigenvalue weighted by Crippen LogP contribution is -2.14. The van der Waals surface area contributed by atoms with Crippen molar-refractivity contribution in [1.29, 1.82) is 0 Å². The molecule has 0 radical (unpaired) electrons. The van der Waals surface area contributed by atoms with Crippen LogP contribution in [0.1, 0.15) is 17.2 Å². The van der Waals surface area contributed by atoms with Crippen LogP contribution in [-0.2, 0) is 6.42 Å². The van der Waals surface area contributed by atoms with Crippen LogP contribution in [0.2, 0.25) is 0 Å². The fourth-order valence-electron chi connectivity index (χ4n) is 1.77. The summed E-state index contributed by atoms with van der Waals surface area (Å²) < 4.78 is 18.3. The van der Waals surface area contributed by atoms with Crippen molar-refractivity contribution in [3.05, 3.63) is 59.8 Å². The highest BCUT2D eigenvalue weighted by atomic mass is 19.1. The normalized spacial score (nSPS) is 12.6. The van der Waals surface area contributed by atoms with Gasteiger partial charge in [0.25, 0.3) is 0 Å². The second-order valence-corrected chi connectivity index (χ2v) is 3.77. The van der Waals surface area contributed by atoms with Gasteiger partial charge in [-0.15, -0.1) is 0 Å². The number of benzene rings is 1. The standard InChI is InChI=1S/C13H14FNO/c14-12-4-1-3-10(7-12)11(9-15)8-13-5-2-6-16-13/h1-7,11H,8-9,15H2. The minimum Gasteiger partial charge on any atom is -0.469 e. The molecule has 0 fully saturated rings. The molecule has 84 valence electrons. The molecule has 0 saturated carbocycles. The van der Waals surface area contributed by atoms with Crippen LogP contribution in [-0.4, -0.2) is 6.54 Å². The van der Waals surface area contributed by atoms with E-state index in [4.69, 9.17) is 10.2 Å². The van der Waals surface area contributed by atoms with Crippen LogP contribution < -0.4 is 5.73 Å². The summed E-state index contributed by atoms with van der Waals surface area (Å²) in [5.41, 5.74) is 6.62. The number of halogens is 1. The smallest absolute Gasteiger partial charge is 0.123 e. The maximum absolute atomic E-state index is 13.1. The summed E-state index contributed by atoms with van der Waals surface area (Å²) in [6, 6.07) is 10.3. The van der Waals surface area contributed by atoms with Gasteiger partial charge in [0.15, 0.2) is 0 Å². The largest absolute Gasteiger partial charge is 0.469 e. The summed E-state index contributed by atoms with van der Waals surface area (Å²) in [6.45, 7) is 0.476. The van der Waals surface area contributed by atoms with E-state index in [9.17, 15) is 4.39 Å². The Labute approximate surface area is 93.9 Å². The average molecular weight is 219 g/mol. The van der Waals surface area contributed by atoms with Crippen molar-refractivity contribution in [1.82, 2.24) is 0 Å². The van der Waals surface area contributed by atoms with E-state index in [1.807, 2.05) is 18.2 Å². The number of hydrogen-bond donors (Lipinski definition) is 1. The predicted molar refractivity (Wildman–Crippen MR) is 60.6 cm³/mol. The highest BCUT2D eigenvalue weighted by Gasteiger charge is 2.12. The van der Waals surface area contributed by atoms with E-state index in [0.717, 1.165) is 11.3 Å². The Morgan fingerprint density at radius 1 is 1.25 bits per heavy atom. The third kappa shape index (κ3) is 2.49. The van der Waals surface area contributed by atoms with Gasteiger partial charge in [0.1, 0.15) is 11.6 Å². The van der Waals surface area contributed by atoms with E-state index in [1.165, 1.54) is 12.1 Å². The lowest BCUT2D eigenvalue weighted by atomic mass is 9.95. The van der Waals surface area contributed by atoms with E-state index in [2.05, 4.69) is 0 Å². The van der Waals surface area contributed by atoms with E-state index >= 15 is 0 Å². The van der Waals surface area contributed by atoms with E-state index in [1.54, 1.807) is 12.3 Å². The molecule has 1 heterocycles. The highest BCUT2D eigenvalue weighted by Crippen LogP contribution is 2.20. The van der Waals surface area contributed by atoms with Gasteiger partial charge in [0, 0.05) is 12.3 Å². The van der Waals surface area contributed by atoms with Crippen LogP contribution in [0.3, 0.4) is 0 Å². The Morgan fingerprint density at radius 2 is 2.12 bits per heavy atom. The molecule has 0 bridgehead atoms. The monoisotopic (exact) mass is 219 g/mol. The summed E-state index contributed by atoms with van der Waals surface area (Å²) in [5, 5.41) is 0. The molecular formula is C13H14FNO. The molecule has 2 nitrogen and oxygen atoms in total. The Balaban J connectivity index is 2.16. The van der Waals surface area contributed by atoms with Gasteiger partial charge in [-0.3, -0.25) is 0 Å². The van der Waals surface area contributed by atoms with Crippen molar-refractivity contribution in [2.24, 2.45) is 5.73 Å². The van der Waals surface area contributed by atoms with Crippen LogP contribution >= 0.6 is 0 Å². The van der Waals surface area contributed by atoms with Gasteiger partial charge in [-0.25, -0.2) is 4.39 Å². The Kier molecular flexibility index (Phi) is 3.37. The SMILES string of the molecule is NCC(Cc1ccco1)c1cccc(F)c1. The first-order valence-electron chi connectivity index (χ1n) is 5.27. The topological polar surface area (TPSA) is 39.2 Å². The molecule has 1 aromatic carbocycles. The van der Waals surface area contributed by atoms with Gasteiger partial charge in [-0.1, -0.05) is 12.1 Å². The zero-order valence-electron chi connectivity index (χ0n) is 8.90. The first kappa shape index (κ1) is 10.9. The molecule has 1 aromatic heterocycles. The fraction of sp³-hybridized carbons (Fsp3) is 0.231. The van der Waals surface area contributed by atoms with Crippen LogP contribution in [0, 0.1) is 5.82 Å². The molecule has 2 aromatic rings. The Morgan fingerprint density at radius 3 is 2.75 bits per heavy atom. The molecule has 0 amide bonds. The zero-order valence-corrected chi connectivity index (χ0v) is 8.90. The van der Waals surface area contributed by atoms with Crippen molar-refractivity contribution in [3.63, 3.8) is 0 Å². The minimum atomic E-state index is -0.226. The number of rotatable bonds is 4. The Hall–Kier alpha value is -1.61. The number of nitrogens with two attached hydrogens (primary N) is 1. The van der Waals surface area contributed by atoms with Gasteiger partial charge < -0.3 is 10.2 Å². The first-order chi connectivity index (χ1) is 7.79. The molecule has 0 spiro atoms. The van der Waals surface area contributed by atoms with Crippen LogP contribution in [0.4, 0.5) is 4.39 Å². The van der Waals surface area contributed by atoms with Crippen LogP contribution in [0.25, 0.3) is 0 Å². The molecule has 1 unspecified atom stereocenters. The van der Waals surface area contributed by atoms with E-state index < -0.39 is 0 Å². The molecule has 3 heteroatoms. The zero-order chi connectivity index (χ0) is 11.4. The fourth-order valence-corrected chi connectivity index (χ4v) is 1.77. The van der Waals surface area contributed by atoms with Crippen molar-refractivity contribution < 1.29 is 8.81 Å². The molecule has 0 aliphatic carbocycles. The van der Waals surface area contributed by atoms with Gasteiger partial charge in [-0.2, -0.15) is 0 Å². The maximum Gasteiger partial charge on any atom is 0.123 e. The molecule has 16 heavy (non-hydrogen) atoms.